The van der Waals surface area contributed by atoms with Crippen LogP contribution in [0.15, 0.2) is 0 Å². The molecule has 80 valence electrons. The van der Waals surface area contributed by atoms with Crippen molar-refractivity contribution in [1.29, 1.82) is 5.26 Å². The van der Waals surface area contributed by atoms with Crippen molar-refractivity contribution in [1.82, 2.24) is 4.37 Å². The summed E-state index contributed by atoms with van der Waals surface area (Å²) in [6.45, 7) is 0.984. The molecule has 0 aliphatic heterocycles. The topological polar surface area (TPSA) is 39.9 Å². The van der Waals surface area contributed by atoms with E-state index in [0.29, 0.717) is 10.7 Å². The largest absolute Gasteiger partial charge is 0.364 e. The van der Waals surface area contributed by atoms with Crippen LogP contribution in [0, 0.1) is 17.2 Å². The lowest BCUT2D eigenvalue weighted by atomic mass is 10.3. The van der Waals surface area contributed by atoms with Crippen molar-refractivity contribution in [2.75, 3.05) is 18.5 Å². The van der Waals surface area contributed by atoms with E-state index in [2.05, 4.69) is 15.3 Å². The highest BCUT2D eigenvalue weighted by atomic mass is 35.5. The zero-order chi connectivity index (χ0) is 10.8. The van der Waals surface area contributed by atoms with Gasteiger partial charge in [-0.3, -0.25) is 0 Å². The molecule has 0 atom stereocenters. The van der Waals surface area contributed by atoms with Crippen LogP contribution in [0.25, 0.3) is 0 Å². The van der Waals surface area contributed by atoms with Crippen molar-refractivity contribution in [3.8, 4) is 6.07 Å². The number of hydrogen-bond acceptors (Lipinski definition) is 4. The van der Waals surface area contributed by atoms with Gasteiger partial charge in [-0.1, -0.05) is 24.4 Å². The molecule has 5 heteroatoms. The van der Waals surface area contributed by atoms with Crippen molar-refractivity contribution < 1.29 is 0 Å². The highest BCUT2D eigenvalue weighted by Crippen LogP contribution is 2.34. The minimum absolute atomic E-state index is 0.329. The summed E-state index contributed by atoms with van der Waals surface area (Å²) >= 11 is 7.12. The summed E-state index contributed by atoms with van der Waals surface area (Å²) in [7, 11) is 1.99. The summed E-state index contributed by atoms with van der Waals surface area (Å²) in [5.74, 6) is 0.904. The fourth-order valence-corrected chi connectivity index (χ4v) is 2.52. The zero-order valence-electron chi connectivity index (χ0n) is 8.53. The first-order valence-electron chi connectivity index (χ1n) is 4.98. The molecule has 0 saturated heterocycles. The van der Waals surface area contributed by atoms with Crippen molar-refractivity contribution in [2.45, 2.75) is 19.3 Å². The molecule has 0 amide bonds. The standard InChI is InChI=1S/C10H12ClN3S/c1-14(5-4-7-2-3-7)10-8(6-12)9(11)13-15-10/h7H,2-5H2,1H3. The summed E-state index contributed by atoms with van der Waals surface area (Å²) < 4.78 is 3.99. The highest BCUT2D eigenvalue weighted by Gasteiger charge is 2.22. The SMILES string of the molecule is CN(CCC1CC1)c1snc(Cl)c1C#N. The van der Waals surface area contributed by atoms with Crippen LogP contribution >= 0.6 is 23.1 Å². The maximum Gasteiger partial charge on any atom is 0.162 e. The summed E-state index contributed by atoms with van der Waals surface area (Å²) in [4.78, 5) is 2.08. The van der Waals surface area contributed by atoms with E-state index in [-0.39, 0.29) is 0 Å². The van der Waals surface area contributed by atoms with Gasteiger partial charge < -0.3 is 4.90 Å². The van der Waals surface area contributed by atoms with E-state index in [0.717, 1.165) is 17.5 Å². The molecule has 15 heavy (non-hydrogen) atoms. The number of rotatable bonds is 4. The molecule has 1 aliphatic carbocycles. The number of halogens is 1. The lowest BCUT2D eigenvalue weighted by Gasteiger charge is -2.16. The molecule has 0 bridgehead atoms. The Bertz CT molecular complexity index is 392. The maximum absolute atomic E-state index is 8.93. The molecule has 3 nitrogen and oxygen atoms in total. The first-order chi connectivity index (χ1) is 7.22. The average molecular weight is 242 g/mol. The van der Waals surface area contributed by atoms with Gasteiger partial charge in [0.25, 0.3) is 0 Å². The first-order valence-corrected chi connectivity index (χ1v) is 6.14. The smallest absolute Gasteiger partial charge is 0.162 e. The highest BCUT2D eigenvalue weighted by molar-refractivity contribution is 7.10. The Morgan fingerprint density at radius 2 is 2.40 bits per heavy atom. The van der Waals surface area contributed by atoms with Gasteiger partial charge in [0.15, 0.2) is 5.15 Å². The van der Waals surface area contributed by atoms with Gasteiger partial charge in [-0.05, 0) is 23.9 Å². The van der Waals surface area contributed by atoms with E-state index in [1.165, 1.54) is 30.8 Å². The summed E-state index contributed by atoms with van der Waals surface area (Å²) in [6.07, 6.45) is 3.93. The van der Waals surface area contributed by atoms with Crippen molar-refractivity contribution in [3.05, 3.63) is 10.7 Å². The Morgan fingerprint density at radius 1 is 1.67 bits per heavy atom. The van der Waals surface area contributed by atoms with Crippen LogP contribution < -0.4 is 4.90 Å². The molecule has 1 aromatic heterocycles. The monoisotopic (exact) mass is 241 g/mol. The number of hydrogen-bond donors (Lipinski definition) is 0. The average Bonchev–Trinajstić information content (AvgIpc) is 2.98. The van der Waals surface area contributed by atoms with Gasteiger partial charge >= 0.3 is 0 Å². The quantitative estimate of drug-likeness (QED) is 0.814. The Morgan fingerprint density at radius 3 is 3.00 bits per heavy atom. The molecule has 1 aliphatic rings. The minimum Gasteiger partial charge on any atom is -0.364 e. The lowest BCUT2D eigenvalue weighted by Crippen LogP contribution is -2.18. The van der Waals surface area contributed by atoms with Crippen molar-refractivity contribution in [3.63, 3.8) is 0 Å². The predicted molar refractivity (Wildman–Crippen MR) is 62.5 cm³/mol. The minimum atomic E-state index is 0.329. The number of nitriles is 1. The van der Waals surface area contributed by atoms with Gasteiger partial charge in [0.1, 0.15) is 16.6 Å². The fourth-order valence-electron chi connectivity index (χ4n) is 1.50. The molecule has 1 aromatic rings. The van der Waals surface area contributed by atoms with Crippen molar-refractivity contribution in [2.24, 2.45) is 5.92 Å². The second-order valence-corrected chi connectivity index (χ2v) is 5.03. The number of anilines is 1. The Balaban J connectivity index is 2.03. The molecule has 2 rings (SSSR count). The zero-order valence-corrected chi connectivity index (χ0v) is 10.1. The third-order valence-corrected chi connectivity index (χ3v) is 4.00. The molecular weight excluding hydrogens is 230 g/mol. The van der Waals surface area contributed by atoms with Gasteiger partial charge in [-0.2, -0.15) is 9.64 Å². The van der Waals surface area contributed by atoms with Crippen LogP contribution in [-0.2, 0) is 0 Å². The third kappa shape index (κ3) is 2.42. The van der Waals surface area contributed by atoms with E-state index in [9.17, 15) is 0 Å². The van der Waals surface area contributed by atoms with Gasteiger partial charge in [-0.15, -0.1) is 0 Å². The lowest BCUT2D eigenvalue weighted by molar-refractivity contribution is 0.713. The van der Waals surface area contributed by atoms with E-state index in [1.54, 1.807) is 0 Å². The van der Waals surface area contributed by atoms with Crippen molar-refractivity contribution >= 4 is 28.1 Å². The van der Waals surface area contributed by atoms with Crippen LogP contribution in [0.2, 0.25) is 5.15 Å². The Labute approximate surface area is 98.4 Å². The molecule has 0 N–H and O–H groups in total. The second kappa shape index (κ2) is 4.38. The second-order valence-electron chi connectivity index (χ2n) is 3.92. The number of aromatic nitrogens is 1. The van der Waals surface area contributed by atoms with Gasteiger partial charge in [0.2, 0.25) is 0 Å². The van der Waals surface area contributed by atoms with Crippen LogP contribution in [0.3, 0.4) is 0 Å². The Hall–Kier alpha value is -0.790. The van der Waals surface area contributed by atoms with Crippen LogP contribution in [0.1, 0.15) is 24.8 Å². The van der Waals surface area contributed by atoms with Crippen LogP contribution in [0.5, 0.6) is 0 Å². The van der Waals surface area contributed by atoms with Crippen LogP contribution in [0.4, 0.5) is 5.00 Å². The molecule has 0 unspecified atom stereocenters. The van der Waals surface area contributed by atoms with Gasteiger partial charge in [0.05, 0.1) is 0 Å². The first kappa shape index (κ1) is 10.7. The van der Waals surface area contributed by atoms with E-state index in [4.69, 9.17) is 16.9 Å². The summed E-state index contributed by atoms with van der Waals surface area (Å²) in [5, 5.41) is 10.2. The van der Waals surface area contributed by atoms with Crippen LogP contribution in [-0.4, -0.2) is 18.0 Å². The molecule has 0 aromatic carbocycles. The molecule has 1 fully saturated rings. The molecule has 1 saturated carbocycles. The van der Waals surface area contributed by atoms with Gasteiger partial charge in [0, 0.05) is 13.6 Å². The molecule has 1 heterocycles. The summed E-state index contributed by atoms with van der Waals surface area (Å²) in [5.41, 5.74) is 0.514. The molecule has 0 radical (unpaired) electrons. The maximum atomic E-state index is 8.93. The van der Waals surface area contributed by atoms with E-state index >= 15 is 0 Å². The molecular formula is C10H12ClN3S. The molecule has 0 spiro atoms. The third-order valence-electron chi connectivity index (χ3n) is 2.66. The summed E-state index contributed by atoms with van der Waals surface area (Å²) in [6, 6.07) is 2.10. The normalized spacial score (nSPS) is 15.0. The number of nitrogens with zero attached hydrogens (tertiary/aromatic N) is 3. The fraction of sp³-hybridized carbons (Fsp3) is 0.600. The Kier molecular flexibility index (Phi) is 3.13. The van der Waals surface area contributed by atoms with E-state index in [1.807, 2.05) is 7.05 Å². The van der Waals surface area contributed by atoms with Gasteiger partial charge in [-0.25, -0.2) is 0 Å². The van der Waals surface area contributed by atoms with E-state index < -0.39 is 0 Å². The predicted octanol–water partition coefficient (Wildman–Crippen LogP) is 2.90.